The van der Waals surface area contributed by atoms with Crippen LogP contribution >= 0.6 is 57.1 Å². The molecule has 0 fully saturated rings. The van der Waals surface area contributed by atoms with Gasteiger partial charge < -0.3 is 0 Å². The van der Waals surface area contributed by atoms with Crippen molar-refractivity contribution in [1.82, 2.24) is 8.75 Å². The van der Waals surface area contributed by atoms with Crippen LogP contribution in [-0.2, 0) is 12.8 Å². The highest BCUT2D eigenvalue weighted by atomic mass is 32.1. The molecule has 0 amide bonds. The molecule has 0 atom stereocenters. The Morgan fingerprint density at radius 1 is 0.490 bits per heavy atom. The standard InChI is InChI=1S/C42H48N2S5Si2/c1-7-9-11-13-15-33-19-21-35(45-33)37-23-25-39(47-37)50(3,4)29-27-31-17-18-32(42-41(31)43-49-44-42)28-30-51(5,6)40-26-24-38(48-40)36-22-20-34(46-36)16-14-12-10-8-2/h17-26H,7-16H2,1-6H3. The number of aromatic nitrogens is 2. The Kier molecular flexibility index (Phi) is 13.1. The van der Waals surface area contributed by atoms with E-state index in [0.717, 1.165) is 22.2 Å². The van der Waals surface area contributed by atoms with Gasteiger partial charge in [0.1, 0.15) is 11.0 Å². The number of unbranched alkanes of at least 4 members (excludes halogenated alkanes) is 6. The van der Waals surface area contributed by atoms with Gasteiger partial charge in [0.05, 0.1) is 22.9 Å². The van der Waals surface area contributed by atoms with Crippen LogP contribution in [0.25, 0.3) is 30.5 Å². The fourth-order valence-corrected chi connectivity index (χ4v) is 15.5. The first-order valence-electron chi connectivity index (χ1n) is 18.4. The molecule has 0 unspecified atom stereocenters. The predicted molar refractivity (Wildman–Crippen MR) is 236 cm³/mol. The molecule has 51 heavy (non-hydrogen) atoms. The van der Waals surface area contributed by atoms with Crippen molar-refractivity contribution in [3.63, 3.8) is 0 Å². The Hall–Kier alpha value is -2.61. The van der Waals surface area contributed by atoms with Gasteiger partial charge in [-0.2, -0.15) is 8.75 Å². The van der Waals surface area contributed by atoms with Crippen molar-refractivity contribution in [2.75, 3.05) is 0 Å². The first-order valence-corrected chi connectivity index (χ1v) is 28.4. The van der Waals surface area contributed by atoms with Gasteiger partial charge in [-0.25, -0.2) is 0 Å². The van der Waals surface area contributed by atoms with Crippen LogP contribution in [0.3, 0.4) is 0 Å². The average molecular weight is 797 g/mol. The minimum Gasteiger partial charge on any atom is -0.172 e. The molecule has 0 spiro atoms. The summed E-state index contributed by atoms with van der Waals surface area (Å²) in [5, 5.41) is 0. The topological polar surface area (TPSA) is 25.8 Å². The third-order valence-corrected chi connectivity index (χ3v) is 22.2. The van der Waals surface area contributed by atoms with Gasteiger partial charge in [0.25, 0.3) is 0 Å². The molecule has 0 saturated heterocycles. The second kappa shape index (κ2) is 17.5. The maximum atomic E-state index is 4.69. The Balaban J connectivity index is 1.14. The molecule has 1 aromatic carbocycles. The van der Waals surface area contributed by atoms with Crippen LogP contribution in [0.5, 0.6) is 0 Å². The van der Waals surface area contributed by atoms with Gasteiger partial charge in [-0.05, 0) is 74.2 Å². The predicted octanol–water partition coefficient (Wildman–Crippen LogP) is 12.5. The molecule has 5 heterocycles. The second-order valence-electron chi connectivity index (χ2n) is 14.4. The Morgan fingerprint density at radius 2 is 0.902 bits per heavy atom. The molecule has 264 valence electrons. The number of aryl methyl sites for hydroxylation is 2. The van der Waals surface area contributed by atoms with Crippen LogP contribution in [0, 0.1) is 22.9 Å². The van der Waals surface area contributed by atoms with Gasteiger partial charge >= 0.3 is 0 Å². The van der Waals surface area contributed by atoms with Crippen LogP contribution in [0.15, 0.2) is 60.7 Å². The molecule has 2 nitrogen and oxygen atoms in total. The van der Waals surface area contributed by atoms with Crippen molar-refractivity contribution >= 4 is 93.3 Å². The molecular formula is C42H48N2S5Si2. The molecule has 0 saturated carbocycles. The maximum absolute atomic E-state index is 4.69. The third kappa shape index (κ3) is 9.69. The highest BCUT2D eigenvalue weighted by Gasteiger charge is 2.25. The van der Waals surface area contributed by atoms with E-state index in [9.17, 15) is 0 Å². The lowest BCUT2D eigenvalue weighted by atomic mass is 10.1. The van der Waals surface area contributed by atoms with Crippen LogP contribution < -0.4 is 9.00 Å². The quantitative estimate of drug-likeness (QED) is 0.0623. The van der Waals surface area contributed by atoms with Crippen molar-refractivity contribution in [3.05, 3.63) is 81.5 Å². The minimum atomic E-state index is -1.99. The monoisotopic (exact) mass is 796 g/mol. The molecule has 5 aromatic heterocycles. The molecule has 0 aliphatic rings. The largest absolute Gasteiger partial charge is 0.174 e. The molecule has 0 N–H and O–H groups in total. The summed E-state index contributed by atoms with van der Waals surface area (Å²) in [6, 6.07) is 22.7. The Bertz CT molecular complexity index is 2030. The summed E-state index contributed by atoms with van der Waals surface area (Å²) >= 11 is 9.02. The van der Waals surface area contributed by atoms with Crippen LogP contribution in [0.2, 0.25) is 26.2 Å². The Morgan fingerprint density at radius 3 is 1.33 bits per heavy atom. The summed E-state index contributed by atoms with van der Waals surface area (Å²) in [6.45, 7) is 14.0. The third-order valence-electron chi connectivity index (χ3n) is 9.24. The zero-order chi connectivity index (χ0) is 35.8. The van der Waals surface area contributed by atoms with E-state index in [1.54, 1.807) is 0 Å². The van der Waals surface area contributed by atoms with E-state index < -0.39 is 16.1 Å². The lowest BCUT2D eigenvalue weighted by molar-refractivity contribution is 0.670. The molecular weight excluding hydrogens is 749 g/mol. The fraction of sp³-hybridized carbons (Fsp3) is 0.381. The summed E-state index contributed by atoms with van der Waals surface area (Å²) in [6.07, 6.45) is 12.9. The average Bonchev–Trinajstić information content (AvgIpc) is 3.96. The fourth-order valence-electron chi connectivity index (χ4n) is 5.99. The number of hydrogen-bond acceptors (Lipinski definition) is 7. The van der Waals surface area contributed by atoms with Crippen molar-refractivity contribution in [3.8, 4) is 42.4 Å². The molecule has 0 bridgehead atoms. The number of nitrogens with zero attached hydrogens (tertiary/aromatic N) is 2. The maximum Gasteiger partial charge on any atom is 0.174 e. The van der Waals surface area contributed by atoms with E-state index in [0.29, 0.717) is 0 Å². The summed E-state index contributed by atoms with van der Waals surface area (Å²) in [5.74, 6) is 7.10. The van der Waals surface area contributed by atoms with E-state index in [2.05, 4.69) is 124 Å². The SMILES string of the molecule is CCCCCCc1ccc(-c2ccc([Si](C)(C)C#Cc3ccc(C#C[Si](C)(C)c4ccc(-c5ccc(CCCCCC)s5)s4)c4nsnc34)s2)s1. The van der Waals surface area contributed by atoms with Gasteiger partial charge in [-0.1, -0.05) is 103 Å². The number of rotatable bonds is 14. The second-order valence-corrected chi connectivity index (χ2v) is 28.2. The number of fused-ring (bicyclic) bond motifs is 1. The van der Waals surface area contributed by atoms with Crippen LogP contribution in [0.4, 0.5) is 0 Å². The number of thiophene rings is 4. The van der Waals surface area contributed by atoms with E-state index in [1.807, 2.05) is 45.3 Å². The molecule has 0 aliphatic carbocycles. The summed E-state index contributed by atoms with van der Waals surface area (Å²) in [5.41, 5.74) is 11.1. The van der Waals surface area contributed by atoms with Crippen molar-refractivity contribution in [2.24, 2.45) is 0 Å². The van der Waals surface area contributed by atoms with E-state index in [-0.39, 0.29) is 0 Å². The van der Waals surface area contributed by atoms with Crippen LogP contribution in [-0.4, -0.2) is 24.9 Å². The minimum absolute atomic E-state index is 0.877. The van der Waals surface area contributed by atoms with Gasteiger partial charge in [0, 0.05) is 38.3 Å². The van der Waals surface area contributed by atoms with Crippen LogP contribution in [0.1, 0.15) is 86.1 Å². The lowest BCUT2D eigenvalue weighted by Crippen LogP contribution is -2.37. The van der Waals surface area contributed by atoms with Crippen molar-refractivity contribution in [2.45, 2.75) is 104 Å². The first kappa shape index (κ1) is 38.1. The lowest BCUT2D eigenvalue weighted by Gasteiger charge is -2.12. The zero-order valence-corrected chi connectivity index (χ0v) is 36.9. The van der Waals surface area contributed by atoms with Gasteiger partial charge in [-0.15, -0.1) is 56.4 Å². The van der Waals surface area contributed by atoms with E-state index in [4.69, 9.17) is 8.75 Å². The van der Waals surface area contributed by atoms with E-state index in [1.165, 1.54) is 114 Å². The van der Waals surface area contributed by atoms with Gasteiger partial charge in [0.15, 0.2) is 16.1 Å². The summed E-state index contributed by atoms with van der Waals surface area (Å²) in [7, 11) is -3.98. The number of benzene rings is 1. The molecule has 0 aliphatic heterocycles. The summed E-state index contributed by atoms with van der Waals surface area (Å²) in [4.78, 5) is 8.51. The zero-order valence-electron chi connectivity index (χ0n) is 30.8. The molecule has 9 heteroatoms. The molecule has 6 rings (SSSR count). The normalized spacial score (nSPS) is 11.8. The van der Waals surface area contributed by atoms with E-state index >= 15 is 0 Å². The van der Waals surface area contributed by atoms with Crippen molar-refractivity contribution in [1.29, 1.82) is 0 Å². The highest BCUT2D eigenvalue weighted by molar-refractivity contribution is 7.32. The smallest absolute Gasteiger partial charge is 0.172 e. The molecule has 0 radical (unpaired) electrons. The van der Waals surface area contributed by atoms with Gasteiger partial charge in [-0.3, -0.25) is 0 Å². The molecule has 6 aromatic rings. The first-order chi connectivity index (χ1) is 24.7. The highest BCUT2D eigenvalue weighted by Crippen LogP contribution is 2.34. The van der Waals surface area contributed by atoms with Gasteiger partial charge in [0.2, 0.25) is 0 Å². The summed E-state index contributed by atoms with van der Waals surface area (Å²) < 4.78 is 12.2. The van der Waals surface area contributed by atoms with Crippen molar-refractivity contribution < 1.29 is 0 Å². The number of hydrogen-bond donors (Lipinski definition) is 0. The Labute approximate surface area is 327 Å².